The Morgan fingerprint density at radius 3 is 2.34 bits per heavy atom. The number of hydrogen-bond donors (Lipinski definition) is 1. The van der Waals surface area contributed by atoms with Crippen molar-refractivity contribution >= 4 is 11.9 Å². The number of aliphatic hydroxyl groups is 1. The maximum absolute atomic E-state index is 14.5. The zero-order chi connectivity index (χ0) is 28.3. The number of rotatable bonds is 7. The van der Waals surface area contributed by atoms with Crippen LogP contribution >= 0.6 is 0 Å². The van der Waals surface area contributed by atoms with Crippen molar-refractivity contribution in [3.63, 3.8) is 0 Å². The molecule has 0 heterocycles. The Balaban J connectivity index is 1.58. The SMILES string of the molecule is CC(=O)O[C@@H]1CC2=CC=C3[C@@H]4CC[C@H]([C@H](C)CCC(F)(F)C(C)(C)O)[C@@]4(C)CC[C@@H]3[C@@]2(C)[C@@H](OC(C)=O)C1. The number of ether oxygens (including phenoxy) is 2. The molecule has 0 unspecified atom stereocenters. The number of carbonyl (C=O) groups excluding carboxylic acids is 2. The first-order valence-corrected chi connectivity index (χ1v) is 14.4. The molecule has 0 aliphatic heterocycles. The van der Waals surface area contributed by atoms with Gasteiger partial charge in [-0.05, 0) is 75.0 Å². The van der Waals surface area contributed by atoms with Crippen molar-refractivity contribution in [3.8, 4) is 0 Å². The molecule has 0 spiro atoms. The number of carbonyl (C=O) groups is 2. The van der Waals surface area contributed by atoms with E-state index in [4.69, 9.17) is 9.47 Å². The number of halogens is 2. The first kappa shape index (κ1) is 29.2. The lowest BCUT2D eigenvalue weighted by Gasteiger charge is -2.57. The maximum atomic E-state index is 14.5. The topological polar surface area (TPSA) is 72.8 Å². The van der Waals surface area contributed by atoms with Gasteiger partial charge in [-0.15, -0.1) is 0 Å². The van der Waals surface area contributed by atoms with Crippen molar-refractivity contribution in [1.29, 1.82) is 0 Å². The molecule has 4 rings (SSSR count). The Morgan fingerprint density at radius 1 is 1.08 bits per heavy atom. The van der Waals surface area contributed by atoms with Gasteiger partial charge in [0.25, 0.3) is 5.92 Å². The predicted molar refractivity (Wildman–Crippen MR) is 141 cm³/mol. The summed E-state index contributed by atoms with van der Waals surface area (Å²) in [6, 6.07) is 0. The Morgan fingerprint density at radius 2 is 1.74 bits per heavy atom. The van der Waals surface area contributed by atoms with E-state index in [1.165, 1.54) is 38.8 Å². The molecule has 3 saturated carbocycles. The average molecular weight is 537 g/mol. The standard InChI is InChI=1S/C31H46F2O5/c1-18(12-15-31(32,33)28(4,5)36)24-10-11-25-23-9-8-21-16-22(37-19(2)34)17-27(38-20(3)35)30(21,7)26(23)13-14-29(24,25)6/h8-9,18,22,24-27,36H,10-17H2,1-7H3/t18-,22-,24-,25+,26+,27+,29-,30+/m1/s1. The summed E-state index contributed by atoms with van der Waals surface area (Å²) in [5.41, 5.74) is 0.234. The van der Waals surface area contributed by atoms with E-state index >= 15 is 0 Å². The lowest BCUT2D eigenvalue weighted by atomic mass is 9.49. The number of esters is 2. The lowest BCUT2D eigenvalue weighted by molar-refractivity contribution is -0.168. The highest BCUT2D eigenvalue weighted by Gasteiger charge is 2.60. The van der Waals surface area contributed by atoms with Crippen LogP contribution < -0.4 is 0 Å². The third-order valence-electron chi connectivity index (χ3n) is 10.8. The summed E-state index contributed by atoms with van der Waals surface area (Å²) in [5, 5.41) is 9.93. The van der Waals surface area contributed by atoms with Crippen LogP contribution in [0.3, 0.4) is 0 Å². The van der Waals surface area contributed by atoms with Crippen LogP contribution in [-0.4, -0.2) is 40.8 Å². The zero-order valence-corrected chi connectivity index (χ0v) is 24.1. The summed E-state index contributed by atoms with van der Waals surface area (Å²) in [6.45, 7) is 11.9. The number of allylic oxidation sites excluding steroid dienone is 3. The molecule has 0 saturated heterocycles. The van der Waals surface area contributed by atoms with Crippen LogP contribution in [0.4, 0.5) is 8.78 Å². The summed E-state index contributed by atoms with van der Waals surface area (Å²) in [5.74, 6) is -2.70. The van der Waals surface area contributed by atoms with Gasteiger partial charge in [-0.1, -0.05) is 44.1 Å². The monoisotopic (exact) mass is 536 g/mol. The molecule has 0 aromatic carbocycles. The van der Waals surface area contributed by atoms with Crippen LogP contribution in [0, 0.1) is 34.5 Å². The number of fused-ring (bicyclic) bond motifs is 5. The fraction of sp³-hybridized carbons (Fsp3) is 0.806. The van der Waals surface area contributed by atoms with Crippen molar-refractivity contribution < 1.29 is 33.0 Å². The van der Waals surface area contributed by atoms with Crippen LogP contribution in [-0.2, 0) is 19.1 Å². The van der Waals surface area contributed by atoms with Gasteiger partial charge in [0.15, 0.2) is 0 Å². The Hall–Kier alpha value is -1.76. The number of hydrogen-bond acceptors (Lipinski definition) is 5. The van der Waals surface area contributed by atoms with Crippen LogP contribution in [0.2, 0.25) is 0 Å². The van der Waals surface area contributed by atoms with E-state index in [2.05, 4.69) is 32.9 Å². The average Bonchev–Trinajstić information content (AvgIpc) is 3.14. The minimum atomic E-state index is -3.11. The van der Waals surface area contributed by atoms with Gasteiger partial charge < -0.3 is 14.6 Å². The normalized spacial score (nSPS) is 37.7. The van der Waals surface area contributed by atoms with E-state index in [0.29, 0.717) is 31.1 Å². The Kier molecular flexibility index (Phi) is 7.70. The van der Waals surface area contributed by atoms with E-state index in [1.54, 1.807) is 0 Å². The van der Waals surface area contributed by atoms with E-state index < -0.39 is 11.5 Å². The minimum absolute atomic E-state index is 0.0271. The van der Waals surface area contributed by atoms with Gasteiger partial charge in [-0.25, -0.2) is 8.78 Å². The third-order valence-corrected chi connectivity index (χ3v) is 10.8. The first-order valence-electron chi connectivity index (χ1n) is 14.4. The molecular formula is C31H46F2O5. The summed E-state index contributed by atoms with van der Waals surface area (Å²) in [6.07, 6.45) is 8.97. The zero-order valence-electron chi connectivity index (χ0n) is 24.1. The van der Waals surface area contributed by atoms with Crippen LogP contribution in [0.25, 0.3) is 0 Å². The summed E-state index contributed by atoms with van der Waals surface area (Å²) < 4.78 is 40.5. The van der Waals surface area contributed by atoms with Gasteiger partial charge >= 0.3 is 11.9 Å². The molecule has 5 nitrogen and oxygen atoms in total. The van der Waals surface area contributed by atoms with Gasteiger partial charge in [0, 0.05) is 38.5 Å². The minimum Gasteiger partial charge on any atom is -0.462 e. The molecule has 8 atom stereocenters. The maximum Gasteiger partial charge on any atom is 0.302 e. The largest absolute Gasteiger partial charge is 0.462 e. The second-order valence-corrected chi connectivity index (χ2v) is 13.5. The van der Waals surface area contributed by atoms with Crippen LogP contribution in [0.1, 0.15) is 99.8 Å². The van der Waals surface area contributed by atoms with Crippen molar-refractivity contribution in [1.82, 2.24) is 0 Å². The molecule has 7 heteroatoms. The number of alkyl halides is 2. The molecule has 3 fully saturated rings. The van der Waals surface area contributed by atoms with Crippen molar-refractivity contribution in [2.24, 2.45) is 34.5 Å². The van der Waals surface area contributed by atoms with Gasteiger partial charge in [0.05, 0.1) is 0 Å². The van der Waals surface area contributed by atoms with Crippen molar-refractivity contribution in [3.05, 3.63) is 23.3 Å². The molecule has 1 N–H and O–H groups in total. The molecule has 0 radical (unpaired) electrons. The molecule has 4 aliphatic rings. The quantitative estimate of drug-likeness (QED) is 0.363. The molecule has 38 heavy (non-hydrogen) atoms. The van der Waals surface area contributed by atoms with Crippen LogP contribution in [0.15, 0.2) is 23.3 Å². The molecule has 214 valence electrons. The highest BCUT2D eigenvalue weighted by Crippen LogP contribution is 2.66. The van der Waals surface area contributed by atoms with Gasteiger partial charge in [-0.2, -0.15) is 0 Å². The highest BCUT2D eigenvalue weighted by atomic mass is 19.3. The predicted octanol–water partition coefficient (Wildman–Crippen LogP) is 6.78. The molecule has 0 bridgehead atoms. The van der Waals surface area contributed by atoms with E-state index in [0.717, 1.165) is 25.7 Å². The van der Waals surface area contributed by atoms with E-state index in [9.17, 15) is 23.5 Å². The second-order valence-electron chi connectivity index (χ2n) is 13.5. The summed E-state index contributed by atoms with van der Waals surface area (Å²) >= 11 is 0. The van der Waals surface area contributed by atoms with Gasteiger partial charge in [-0.3, -0.25) is 9.59 Å². The third kappa shape index (κ3) is 4.97. The molecular weight excluding hydrogens is 490 g/mol. The van der Waals surface area contributed by atoms with Crippen LogP contribution in [0.5, 0.6) is 0 Å². The first-order chi connectivity index (χ1) is 17.5. The smallest absolute Gasteiger partial charge is 0.302 e. The summed E-state index contributed by atoms with van der Waals surface area (Å²) in [7, 11) is 0. The Bertz CT molecular complexity index is 1010. The van der Waals surface area contributed by atoms with Crippen molar-refractivity contribution in [2.75, 3.05) is 0 Å². The fourth-order valence-electron chi connectivity index (χ4n) is 8.59. The Labute approximate surface area is 226 Å². The van der Waals surface area contributed by atoms with Gasteiger partial charge in [0.1, 0.15) is 17.8 Å². The molecule has 0 amide bonds. The van der Waals surface area contributed by atoms with Crippen molar-refractivity contribution in [2.45, 2.75) is 124 Å². The fourth-order valence-corrected chi connectivity index (χ4v) is 8.59. The molecule has 0 aromatic rings. The highest BCUT2D eigenvalue weighted by molar-refractivity contribution is 5.67. The molecule has 4 aliphatic carbocycles. The van der Waals surface area contributed by atoms with E-state index in [-0.39, 0.29) is 53.2 Å². The summed E-state index contributed by atoms with van der Waals surface area (Å²) in [4.78, 5) is 23.8. The lowest BCUT2D eigenvalue weighted by Crippen LogP contribution is -2.54. The molecule has 0 aromatic heterocycles. The van der Waals surface area contributed by atoms with E-state index in [1.807, 2.05) is 0 Å². The van der Waals surface area contributed by atoms with Gasteiger partial charge in [0.2, 0.25) is 0 Å². The second kappa shape index (κ2) is 10.0.